The monoisotopic (exact) mass is 500 g/mol. The van der Waals surface area contributed by atoms with Gasteiger partial charge in [0, 0.05) is 11.0 Å². The van der Waals surface area contributed by atoms with Crippen LogP contribution in [0.2, 0.25) is 0 Å². The summed E-state index contributed by atoms with van der Waals surface area (Å²) >= 11 is 8.57. The number of carbonyl (C=O) groups is 2. The van der Waals surface area contributed by atoms with Gasteiger partial charge in [0.05, 0.1) is 7.11 Å². The second-order valence-corrected chi connectivity index (χ2v) is 8.06. The number of aryl methyl sites for hydroxylation is 1. The quantitative estimate of drug-likeness (QED) is 0.267. The van der Waals surface area contributed by atoms with Crippen molar-refractivity contribution >= 4 is 51.2 Å². The van der Waals surface area contributed by atoms with Crippen molar-refractivity contribution in [1.82, 2.24) is 10.2 Å². The molecule has 2 aromatic rings. The number of amides is 2. The summed E-state index contributed by atoms with van der Waals surface area (Å²) in [6.07, 6.45) is 3.03. The molecule has 0 saturated carbocycles. The Morgan fingerprint density at radius 2 is 1.90 bits per heavy atom. The highest BCUT2D eigenvalue weighted by atomic mass is 79.9. The molecule has 1 aliphatic heterocycles. The van der Waals surface area contributed by atoms with Crippen LogP contribution in [0.1, 0.15) is 16.7 Å². The van der Waals surface area contributed by atoms with Crippen LogP contribution >= 0.6 is 28.1 Å². The number of benzene rings is 2. The fraction of sp³-hybridized carbons (Fsp3) is 0.174. The van der Waals surface area contributed by atoms with E-state index in [4.69, 9.17) is 21.7 Å². The Bertz CT molecular complexity index is 1080. The van der Waals surface area contributed by atoms with Crippen LogP contribution < -0.4 is 14.8 Å². The molecule has 0 aliphatic carbocycles. The van der Waals surface area contributed by atoms with E-state index in [1.807, 2.05) is 31.2 Å². The highest BCUT2D eigenvalue weighted by molar-refractivity contribution is 9.10. The number of methoxy groups -OCH3 is 1. The Hall–Kier alpha value is -2.97. The van der Waals surface area contributed by atoms with E-state index in [1.165, 1.54) is 23.6 Å². The molecular formula is C23H21BrN2O4S. The second-order valence-electron chi connectivity index (χ2n) is 6.82. The number of rotatable bonds is 7. The highest BCUT2D eigenvalue weighted by Crippen LogP contribution is 2.35. The van der Waals surface area contributed by atoms with Gasteiger partial charge in [-0.1, -0.05) is 51.8 Å². The summed E-state index contributed by atoms with van der Waals surface area (Å²) in [5.41, 5.74) is 2.75. The first-order valence-electron chi connectivity index (χ1n) is 9.39. The van der Waals surface area contributed by atoms with Crippen molar-refractivity contribution < 1.29 is 19.1 Å². The smallest absolute Gasteiger partial charge is 0.265 e. The normalized spacial score (nSPS) is 15.1. The first kappa shape index (κ1) is 22.7. The topological polar surface area (TPSA) is 67.9 Å². The van der Waals surface area contributed by atoms with Crippen LogP contribution in [0, 0.1) is 6.92 Å². The molecule has 0 radical (unpaired) electrons. The molecule has 0 bridgehead atoms. The molecule has 1 saturated heterocycles. The van der Waals surface area contributed by atoms with Crippen LogP contribution in [-0.4, -0.2) is 35.5 Å². The largest absolute Gasteiger partial charge is 0.493 e. The Morgan fingerprint density at radius 3 is 2.55 bits per heavy atom. The minimum Gasteiger partial charge on any atom is -0.493 e. The zero-order valence-corrected chi connectivity index (χ0v) is 19.5. The standard InChI is InChI=1S/C23H21BrN2O4S/c1-4-9-26-22(28)17(21(27)25-23(26)31)10-16-11-19(29-3)20(12-18(16)24)30-13-15-7-5-14(2)6-8-15/h4-8,10-12H,1,9,13H2,2-3H3,(H,25,27,31)/b17-10+. The summed E-state index contributed by atoms with van der Waals surface area (Å²) in [5.74, 6) is -0.0321. The number of hydrogen-bond donors (Lipinski definition) is 1. The third-order valence-corrected chi connectivity index (χ3v) is 5.60. The van der Waals surface area contributed by atoms with Crippen molar-refractivity contribution in [1.29, 1.82) is 0 Å². The molecule has 0 atom stereocenters. The van der Waals surface area contributed by atoms with E-state index in [2.05, 4.69) is 27.8 Å². The molecule has 6 nitrogen and oxygen atoms in total. The van der Waals surface area contributed by atoms with Gasteiger partial charge in [0.15, 0.2) is 16.6 Å². The Kier molecular flexibility index (Phi) is 7.25. The van der Waals surface area contributed by atoms with Gasteiger partial charge in [-0.25, -0.2) is 0 Å². The molecule has 8 heteroatoms. The van der Waals surface area contributed by atoms with E-state index < -0.39 is 11.8 Å². The predicted molar refractivity (Wildman–Crippen MR) is 127 cm³/mol. The van der Waals surface area contributed by atoms with E-state index in [0.29, 0.717) is 28.1 Å². The van der Waals surface area contributed by atoms with Crippen molar-refractivity contribution in [2.45, 2.75) is 13.5 Å². The van der Waals surface area contributed by atoms with Gasteiger partial charge in [0.1, 0.15) is 12.2 Å². The summed E-state index contributed by atoms with van der Waals surface area (Å²) in [4.78, 5) is 26.4. The number of ether oxygens (including phenoxy) is 2. The molecule has 2 amide bonds. The van der Waals surface area contributed by atoms with E-state index in [-0.39, 0.29) is 17.2 Å². The summed E-state index contributed by atoms with van der Waals surface area (Å²) in [6, 6.07) is 11.5. The molecule has 31 heavy (non-hydrogen) atoms. The molecule has 2 aromatic carbocycles. The van der Waals surface area contributed by atoms with Crippen LogP contribution in [-0.2, 0) is 16.2 Å². The van der Waals surface area contributed by atoms with E-state index in [0.717, 1.165) is 5.56 Å². The minimum atomic E-state index is -0.555. The van der Waals surface area contributed by atoms with Gasteiger partial charge in [0.25, 0.3) is 11.8 Å². The Balaban J connectivity index is 1.89. The summed E-state index contributed by atoms with van der Waals surface area (Å²) in [6.45, 7) is 6.22. The lowest BCUT2D eigenvalue weighted by molar-refractivity contribution is -0.128. The molecule has 160 valence electrons. The maximum absolute atomic E-state index is 12.7. The Morgan fingerprint density at radius 1 is 1.19 bits per heavy atom. The average Bonchev–Trinajstić information content (AvgIpc) is 2.74. The van der Waals surface area contributed by atoms with Crippen molar-refractivity contribution in [3.05, 3.63) is 75.8 Å². The number of halogens is 1. The van der Waals surface area contributed by atoms with Crippen molar-refractivity contribution in [3.8, 4) is 11.5 Å². The number of nitrogens with one attached hydrogen (secondary N) is 1. The summed E-state index contributed by atoms with van der Waals surface area (Å²) in [7, 11) is 1.53. The highest BCUT2D eigenvalue weighted by Gasteiger charge is 2.32. The first-order valence-corrected chi connectivity index (χ1v) is 10.6. The van der Waals surface area contributed by atoms with Gasteiger partial charge in [-0.3, -0.25) is 19.8 Å². The minimum absolute atomic E-state index is 0.0356. The van der Waals surface area contributed by atoms with Gasteiger partial charge < -0.3 is 9.47 Å². The molecule has 1 N–H and O–H groups in total. The third kappa shape index (κ3) is 5.21. The molecule has 1 heterocycles. The van der Waals surface area contributed by atoms with Crippen LogP contribution in [0.15, 0.2) is 59.1 Å². The van der Waals surface area contributed by atoms with Crippen LogP contribution in [0.4, 0.5) is 0 Å². The number of carbonyl (C=O) groups excluding carboxylic acids is 2. The number of thiocarbonyl (C=S) groups is 1. The average molecular weight is 501 g/mol. The molecule has 0 spiro atoms. The molecule has 0 unspecified atom stereocenters. The molecular weight excluding hydrogens is 480 g/mol. The summed E-state index contributed by atoms with van der Waals surface area (Å²) < 4.78 is 12.0. The van der Waals surface area contributed by atoms with Crippen LogP contribution in [0.5, 0.6) is 11.5 Å². The van der Waals surface area contributed by atoms with E-state index in [1.54, 1.807) is 18.2 Å². The van der Waals surface area contributed by atoms with E-state index in [9.17, 15) is 9.59 Å². The van der Waals surface area contributed by atoms with E-state index >= 15 is 0 Å². The molecule has 1 fully saturated rings. The molecule has 3 rings (SSSR count). The lowest BCUT2D eigenvalue weighted by Crippen LogP contribution is -2.53. The molecule has 1 aliphatic rings. The van der Waals surface area contributed by atoms with Gasteiger partial charge in [0.2, 0.25) is 0 Å². The fourth-order valence-electron chi connectivity index (χ4n) is 2.92. The fourth-order valence-corrected chi connectivity index (χ4v) is 3.61. The van der Waals surface area contributed by atoms with Crippen molar-refractivity contribution in [2.24, 2.45) is 0 Å². The second kappa shape index (κ2) is 9.89. The maximum atomic E-state index is 12.7. The first-order chi connectivity index (χ1) is 14.8. The van der Waals surface area contributed by atoms with Crippen LogP contribution in [0.3, 0.4) is 0 Å². The Labute approximate surface area is 194 Å². The van der Waals surface area contributed by atoms with Crippen LogP contribution in [0.25, 0.3) is 6.08 Å². The van der Waals surface area contributed by atoms with Gasteiger partial charge >= 0.3 is 0 Å². The third-order valence-electron chi connectivity index (χ3n) is 4.60. The number of hydrogen-bond acceptors (Lipinski definition) is 5. The molecule has 0 aromatic heterocycles. The van der Waals surface area contributed by atoms with Gasteiger partial charge in [-0.05, 0) is 48.5 Å². The summed E-state index contributed by atoms with van der Waals surface area (Å²) in [5, 5.41) is 2.59. The zero-order chi connectivity index (χ0) is 22.5. The van der Waals surface area contributed by atoms with Gasteiger partial charge in [-0.15, -0.1) is 6.58 Å². The lowest BCUT2D eigenvalue weighted by Gasteiger charge is -2.27. The van der Waals surface area contributed by atoms with Crippen molar-refractivity contribution in [2.75, 3.05) is 13.7 Å². The SMILES string of the molecule is C=CCN1C(=O)/C(=C/c2cc(OC)c(OCc3ccc(C)cc3)cc2Br)C(=O)NC1=S. The van der Waals surface area contributed by atoms with Crippen molar-refractivity contribution in [3.63, 3.8) is 0 Å². The lowest BCUT2D eigenvalue weighted by atomic mass is 10.1. The zero-order valence-electron chi connectivity index (χ0n) is 17.1. The number of nitrogens with zero attached hydrogens (tertiary/aromatic N) is 1. The maximum Gasteiger partial charge on any atom is 0.265 e. The van der Waals surface area contributed by atoms with Gasteiger partial charge in [-0.2, -0.15) is 0 Å². The predicted octanol–water partition coefficient (Wildman–Crippen LogP) is 4.16.